The second-order valence-corrected chi connectivity index (χ2v) is 7.20. The van der Waals surface area contributed by atoms with Crippen molar-refractivity contribution in [2.75, 3.05) is 11.1 Å². The molecule has 1 aromatic carbocycles. The number of benzene rings is 1. The van der Waals surface area contributed by atoms with E-state index in [2.05, 4.69) is 10.3 Å². The molecule has 0 aliphatic carbocycles. The van der Waals surface area contributed by atoms with Gasteiger partial charge in [0.2, 0.25) is 5.91 Å². The van der Waals surface area contributed by atoms with E-state index in [0.717, 1.165) is 10.0 Å². The summed E-state index contributed by atoms with van der Waals surface area (Å²) >= 11 is 2.93. The van der Waals surface area contributed by atoms with Crippen LogP contribution in [0.1, 0.15) is 29.9 Å². The van der Waals surface area contributed by atoms with Crippen molar-refractivity contribution in [1.82, 2.24) is 4.98 Å². The molecule has 1 N–H and O–H groups in total. The lowest BCUT2D eigenvalue weighted by Gasteiger charge is -2.09. The lowest BCUT2D eigenvalue weighted by Crippen LogP contribution is -2.14. The standard InChI is InChI=1S/C16H18N2O3S2/c1-10(2)21-15(20)12-4-6-13(7-5-12)18-14(19)9-23-16-17-11(3)8-22-16/h4-8,10H,9H2,1-3H3,(H,18,19). The molecule has 2 aromatic rings. The number of anilines is 1. The molecule has 1 aromatic heterocycles. The van der Waals surface area contributed by atoms with E-state index in [4.69, 9.17) is 4.74 Å². The van der Waals surface area contributed by atoms with Gasteiger partial charge in [-0.25, -0.2) is 9.78 Å². The van der Waals surface area contributed by atoms with E-state index in [-0.39, 0.29) is 18.0 Å². The fourth-order valence-electron chi connectivity index (χ4n) is 1.69. The van der Waals surface area contributed by atoms with E-state index >= 15 is 0 Å². The van der Waals surface area contributed by atoms with Crippen molar-refractivity contribution in [3.8, 4) is 0 Å². The van der Waals surface area contributed by atoms with Gasteiger partial charge in [0.1, 0.15) is 0 Å². The number of rotatable bonds is 6. The summed E-state index contributed by atoms with van der Waals surface area (Å²) in [5.41, 5.74) is 2.07. The van der Waals surface area contributed by atoms with E-state index in [9.17, 15) is 9.59 Å². The Bertz CT molecular complexity index is 681. The molecule has 122 valence electrons. The van der Waals surface area contributed by atoms with E-state index in [0.29, 0.717) is 17.0 Å². The number of amides is 1. The van der Waals surface area contributed by atoms with Gasteiger partial charge in [0.15, 0.2) is 4.34 Å². The van der Waals surface area contributed by atoms with Crippen LogP contribution in [0.4, 0.5) is 5.69 Å². The topological polar surface area (TPSA) is 68.3 Å². The Morgan fingerprint density at radius 1 is 1.30 bits per heavy atom. The molecular formula is C16H18N2O3S2. The van der Waals surface area contributed by atoms with Gasteiger partial charge in [-0.2, -0.15) is 0 Å². The minimum absolute atomic E-state index is 0.111. The summed E-state index contributed by atoms with van der Waals surface area (Å²) in [5, 5.41) is 4.74. The maximum atomic E-state index is 11.9. The Morgan fingerprint density at radius 3 is 2.57 bits per heavy atom. The highest BCUT2D eigenvalue weighted by Gasteiger charge is 2.10. The van der Waals surface area contributed by atoms with Crippen LogP contribution in [0.2, 0.25) is 0 Å². The number of ether oxygens (including phenoxy) is 1. The molecule has 0 saturated carbocycles. The fraction of sp³-hybridized carbons (Fsp3) is 0.312. The zero-order valence-electron chi connectivity index (χ0n) is 13.2. The lowest BCUT2D eigenvalue weighted by atomic mass is 10.2. The van der Waals surface area contributed by atoms with Gasteiger partial charge in [-0.1, -0.05) is 11.8 Å². The first kappa shape index (κ1) is 17.5. The molecule has 0 radical (unpaired) electrons. The van der Waals surface area contributed by atoms with Crippen LogP contribution in [0.25, 0.3) is 0 Å². The van der Waals surface area contributed by atoms with E-state index in [1.54, 1.807) is 38.1 Å². The molecule has 0 aliphatic rings. The molecule has 23 heavy (non-hydrogen) atoms. The van der Waals surface area contributed by atoms with Crippen molar-refractivity contribution >= 4 is 40.7 Å². The number of hydrogen-bond acceptors (Lipinski definition) is 6. The highest BCUT2D eigenvalue weighted by Crippen LogP contribution is 2.22. The average molecular weight is 350 g/mol. The Balaban J connectivity index is 1.85. The van der Waals surface area contributed by atoms with Crippen LogP contribution >= 0.6 is 23.1 Å². The number of aryl methyl sites for hydroxylation is 1. The first-order valence-electron chi connectivity index (χ1n) is 7.10. The van der Waals surface area contributed by atoms with Crippen molar-refractivity contribution in [3.63, 3.8) is 0 Å². The van der Waals surface area contributed by atoms with E-state index < -0.39 is 0 Å². The maximum Gasteiger partial charge on any atom is 0.338 e. The molecule has 0 fully saturated rings. The molecule has 0 saturated heterocycles. The summed E-state index contributed by atoms with van der Waals surface area (Å²) in [5.74, 6) is -0.183. The molecule has 0 unspecified atom stereocenters. The molecule has 0 spiro atoms. The lowest BCUT2D eigenvalue weighted by molar-refractivity contribution is -0.113. The van der Waals surface area contributed by atoms with Gasteiger partial charge in [-0.3, -0.25) is 4.79 Å². The first-order chi connectivity index (χ1) is 10.9. The summed E-state index contributed by atoms with van der Waals surface area (Å²) in [6, 6.07) is 6.65. The summed E-state index contributed by atoms with van der Waals surface area (Å²) in [7, 11) is 0. The number of thiazole rings is 1. The zero-order chi connectivity index (χ0) is 16.8. The molecule has 5 nitrogen and oxygen atoms in total. The van der Waals surface area contributed by atoms with Crippen molar-refractivity contribution in [2.24, 2.45) is 0 Å². The SMILES string of the molecule is Cc1csc(SCC(=O)Nc2ccc(C(=O)OC(C)C)cc2)n1. The maximum absolute atomic E-state index is 11.9. The number of esters is 1. The molecule has 1 heterocycles. The Hall–Kier alpha value is -1.86. The van der Waals surface area contributed by atoms with Crippen molar-refractivity contribution in [2.45, 2.75) is 31.2 Å². The average Bonchev–Trinajstić information content (AvgIpc) is 2.91. The second-order valence-electron chi connectivity index (χ2n) is 5.12. The largest absolute Gasteiger partial charge is 0.459 e. The highest BCUT2D eigenvalue weighted by atomic mass is 32.2. The van der Waals surface area contributed by atoms with Crippen LogP contribution in [0.3, 0.4) is 0 Å². The number of aromatic nitrogens is 1. The molecular weight excluding hydrogens is 332 g/mol. The predicted molar refractivity (Wildman–Crippen MR) is 93.2 cm³/mol. The third-order valence-electron chi connectivity index (χ3n) is 2.67. The van der Waals surface area contributed by atoms with E-state index in [1.807, 2.05) is 12.3 Å². The van der Waals surface area contributed by atoms with Crippen molar-refractivity contribution in [1.29, 1.82) is 0 Å². The minimum atomic E-state index is -0.368. The van der Waals surface area contributed by atoms with Gasteiger partial charge in [0.05, 0.1) is 17.4 Å². The smallest absolute Gasteiger partial charge is 0.338 e. The third-order valence-corrected chi connectivity index (χ3v) is 4.81. The monoisotopic (exact) mass is 350 g/mol. The van der Waals surface area contributed by atoms with Crippen LogP contribution in [0.5, 0.6) is 0 Å². The summed E-state index contributed by atoms with van der Waals surface area (Å²) in [4.78, 5) is 27.9. The van der Waals surface area contributed by atoms with Crippen LogP contribution in [-0.4, -0.2) is 28.7 Å². The fourth-order valence-corrected chi connectivity index (χ4v) is 3.34. The minimum Gasteiger partial charge on any atom is -0.459 e. The Labute approximate surface area is 143 Å². The van der Waals surface area contributed by atoms with Gasteiger partial charge >= 0.3 is 5.97 Å². The van der Waals surface area contributed by atoms with Gasteiger partial charge in [-0.15, -0.1) is 11.3 Å². The van der Waals surface area contributed by atoms with Crippen molar-refractivity contribution < 1.29 is 14.3 Å². The van der Waals surface area contributed by atoms with Crippen LogP contribution < -0.4 is 5.32 Å². The van der Waals surface area contributed by atoms with Crippen LogP contribution in [0.15, 0.2) is 34.0 Å². The Kier molecular flexibility index (Phi) is 6.18. The number of nitrogens with one attached hydrogen (secondary N) is 1. The first-order valence-corrected chi connectivity index (χ1v) is 8.96. The number of carbonyl (C=O) groups excluding carboxylic acids is 2. The number of nitrogens with zero attached hydrogens (tertiary/aromatic N) is 1. The highest BCUT2D eigenvalue weighted by molar-refractivity contribution is 8.01. The molecule has 2 rings (SSSR count). The molecule has 0 bridgehead atoms. The molecule has 0 atom stereocenters. The number of thioether (sulfide) groups is 1. The molecule has 1 amide bonds. The zero-order valence-corrected chi connectivity index (χ0v) is 14.8. The molecule has 7 heteroatoms. The van der Waals surface area contributed by atoms with E-state index in [1.165, 1.54) is 23.1 Å². The predicted octanol–water partition coefficient (Wildman–Crippen LogP) is 3.75. The molecule has 0 aliphatic heterocycles. The third kappa shape index (κ3) is 5.69. The van der Waals surface area contributed by atoms with Gasteiger partial charge in [0.25, 0.3) is 0 Å². The van der Waals surface area contributed by atoms with Crippen molar-refractivity contribution in [3.05, 3.63) is 40.9 Å². The Morgan fingerprint density at radius 2 is 2.00 bits per heavy atom. The summed E-state index contributed by atoms with van der Waals surface area (Å²) in [6.45, 7) is 5.52. The van der Waals surface area contributed by atoms with Gasteiger partial charge < -0.3 is 10.1 Å². The quantitative estimate of drug-likeness (QED) is 0.635. The number of hydrogen-bond donors (Lipinski definition) is 1. The van der Waals surface area contributed by atoms with Crippen LogP contribution in [0, 0.1) is 6.92 Å². The van der Waals surface area contributed by atoms with Gasteiger partial charge in [0, 0.05) is 16.8 Å². The number of carbonyl (C=O) groups is 2. The van der Waals surface area contributed by atoms with Gasteiger partial charge in [-0.05, 0) is 45.0 Å². The second kappa shape index (κ2) is 8.12. The summed E-state index contributed by atoms with van der Waals surface area (Å²) in [6.07, 6.45) is -0.159. The normalized spacial score (nSPS) is 10.6. The summed E-state index contributed by atoms with van der Waals surface area (Å²) < 4.78 is 5.99. The van der Waals surface area contributed by atoms with Crippen LogP contribution in [-0.2, 0) is 9.53 Å².